The number of esters is 1. The van der Waals surface area contributed by atoms with Gasteiger partial charge in [-0.05, 0) is 30.3 Å². The van der Waals surface area contributed by atoms with Crippen LogP contribution in [0.3, 0.4) is 0 Å². The summed E-state index contributed by atoms with van der Waals surface area (Å²) >= 11 is 0. The lowest BCUT2D eigenvalue weighted by Crippen LogP contribution is -2.36. The molecule has 0 atom stereocenters. The molecule has 0 aliphatic carbocycles. The zero-order chi connectivity index (χ0) is 21.8. The van der Waals surface area contributed by atoms with Crippen molar-refractivity contribution < 1.29 is 19.1 Å². The summed E-state index contributed by atoms with van der Waals surface area (Å²) in [6, 6.07) is 13.2. The van der Waals surface area contributed by atoms with E-state index < -0.39 is 5.97 Å². The van der Waals surface area contributed by atoms with Crippen LogP contribution in [0, 0.1) is 0 Å². The minimum absolute atomic E-state index is 0.107. The number of hydrogen-bond donors (Lipinski definition) is 1. The van der Waals surface area contributed by atoms with Gasteiger partial charge in [0.25, 0.3) is 0 Å². The van der Waals surface area contributed by atoms with Gasteiger partial charge in [-0.2, -0.15) is 0 Å². The highest BCUT2D eigenvalue weighted by atomic mass is 16.5. The number of benzene rings is 2. The predicted octanol–water partition coefficient (Wildman–Crippen LogP) is 2.86. The van der Waals surface area contributed by atoms with E-state index in [2.05, 4.69) is 15.2 Å². The molecule has 1 aromatic heterocycles. The average molecular weight is 422 g/mol. The summed E-state index contributed by atoms with van der Waals surface area (Å²) in [5, 5.41) is 2.88. The number of fused-ring (bicyclic) bond motifs is 1. The lowest BCUT2D eigenvalue weighted by atomic mass is 10.1. The summed E-state index contributed by atoms with van der Waals surface area (Å²) in [5.74, 6) is 0.113. The van der Waals surface area contributed by atoms with E-state index in [1.807, 2.05) is 41.8 Å². The standard InChI is InChI=1S/C23H26N4O4/c1-3-21-24-19-6-4-5-7-20(19)27(21)15-22(28)25-18-9-8-16(14-17(18)23(29)30-2)26-10-12-31-13-11-26/h4-9,14H,3,10-13,15H2,1-2H3,(H,25,28). The molecule has 2 heterocycles. The molecule has 1 fully saturated rings. The number of aromatic nitrogens is 2. The maximum absolute atomic E-state index is 12.9. The maximum Gasteiger partial charge on any atom is 0.340 e. The fourth-order valence-electron chi connectivity index (χ4n) is 3.84. The van der Waals surface area contributed by atoms with Crippen LogP contribution in [0.15, 0.2) is 42.5 Å². The van der Waals surface area contributed by atoms with E-state index in [1.54, 1.807) is 12.1 Å². The minimum Gasteiger partial charge on any atom is -0.465 e. The van der Waals surface area contributed by atoms with Crippen molar-refractivity contribution >= 4 is 34.3 Å². The van der Waals surface area contributed by atoms with Crippen molar-refractivity contribution in [2.24, 2.45) is 0 Å². The van der Waals surface area contributed by atoms with E-state index in [1.165, 1.54) is 7.11 Å². The second kappa shape index (κ2) is 9.18. The molecule has 0 saturated carbocycles. The summed E-state index contributed by atoms with van der Waals surface area (Å²) in [6.07, 6.45) is 0.712. The van der Waals surface area contributed by atoms with Gasteiger partial charge in [0.1, 0.15) is 12.4 Å². The molecule has 8 heteroatoms. The molecule has 0 radical (unpaired) electrons. The number of carbonyl (C=O) groups excluding carboxylic acids is 2. The third kappa shape index (κ3) is 4.39. The molecule has 4 rings (SSSR count). The number of para-hydroxylation sites is 2. The first-order valence-corrected chi connectivity index (χ1v) is 10.4. The van der Waals surface area contributed by atoms with Crippen molar-refractivity contribution in [1.82, 2.24) is 9.55 Å². The van der Waals surface area contributed by atoms with Crippen molar-refractivity contribution in [2.45, 2.75) is 19.9 Å². The van der Waals surface area contributed by atoms with Gasteiger partial charge in [0.2, 0.25) is 5.91 Å². The molecular formula is C23H26N4O4. The Morgan fingerprint density at radius 3 is 2.68 bits per heavy atom. The van der Waals surface area contributed by atoms with Gasteiger partial charge >= 0.3 is 5.97 Å². The fraction of sp³-hybridized carbons (Fsp3) is 0.348. The third-order valence-electron chi connectivity index (χ3n) is 5.41. The van der Waals surface area contributed by atoms with Crippen LogP contribution in [0.4, 0.5) is 11.4 Å². The molecule has 1 N–H and O–H groups in total. The largest absolute Gasteiger partial charge is 0.465 e. The van der Waals surface area contributed by atoms with Crippen molar-refractivity contribution in [2.75, 3.05) is 43.6 Å². The Morgan fingerprint density at radius 1 is 1.16 bits per heavy atom. The zero-order valence-corrected chi connectivity index (χ0v) is 17.8. The van der Waals surface area contributed by atoms with E-state index in [0.29, 0.717) is 30.9 Å². The van der Waals surface area contributed by atoms with Gasteiger partial charge in [-0.15, -0.1) is 0 Å². The Kier molecular flexibility index (Phi) is 6.18. The van der Waals surface area contributed by atoms with Gasteiger partial charge in [0.05, 0.1) is 42.6 Å². The summed E-state index contributed by atoms with van der Waals surface area (Å²) < 4.78 is 12.3. The first kappa shape index (κ1) is 20.9. The van der Waals surface area contributed by atoms with E-state index in [4.69, 9.17) is 9.47 Å². The number of carbonyl (C=O) groups is 2. The fourth-order valence-corrected chi connectivity index (χ4v) is 3.84. The lowest BCUT2D eigenvalue weighted by Gasteiger charge is -2.29. The van der Waals surface area contributed by atoms with Gasteiger partial charge < -0.3 is 24.3 Å². The molecule has 2 aromatic carbocycles. The Balaban J connectivity index is 1.58. The number of anilines is 2. The van der Waals surface area contributed by atoms with Crippen LogP contribution < -0.4 is 10.2 Å². The summed E-state index contributed by atoms with van der Waals surface area (Å²) in [5.41, 5.74) is 3.42. The molecule has 162 valence electrons. The number of ether oxygens (including phenoxy) is 2. The zero-order valence-electron chi connectivity index (χ0n) is 17.8. The molecule has 0 unspecified atom stereocenters. The topological polar surface area (TPSA) is 85.7 Å². The average Bonchev–Trinajstić information content (AvgIpc) is 3.16. The first-order chi connectivity index (χ1) is 15.1. The van der Waals surface area contributed by atoms with Gasteiger partial charge in [0, 0.05) is 25.2 Å². The Bertz CT molecular complexity index is 1100. The number of nitrogens with zero attached hydrogens (tertiary/aromatic N) is 3. The van der Waals surface area contributed by atoms with Crippen LogP contribution in [0.5, 0.6) is 0 Å². The number of aryl methyl sites for hydroxylation is 1. The summed E-state index contributed by atoms with van der Waals surface area (Å²) in [4.78, 5) is 32.1. The predicted molar refractivity (Wildman–Crippen MR) is 119 cm³/mol. The molecule has 1 aliphatic rings. The second-order valence-electron chi connectivity index (χ2n) is 7.33. The molecule has 1 aliphatic heterocycles. The van der Waals surface area contributed by atoms with E-state index in [9.17, 15) is 9.59 Å². The molecule has 0 spiro atoms. The van der Waals surface area contributed by atoms with Gasteiger partial charge in [-0.3, -0.25) is 4.79 Å². The molecule has 3 aromatic rings. The maximum atomic E-state index is 12.9. The molecule has 1 saturated heterocycles. The molecule has 8 nitrogen and oxygen atoms in total. The lowest BCUT2D eigenvalue weighted by molar-refractivity contribution is -0.116. The normalized spacial score (nSPS) is 13.9. The van der Waals surface area contributed by atoms with E-state index in [-0.39, 0.29) is 12.5 Å². The van der Waals surface area contributed by atoms with Gasteiger partial charge in [-0.25, -0.2) is 9.78 Å². The Labute approximate surface area is 180 Å². The van der Waals surface area contributed by atoms with Crippen LogP contribution in [-0.2, 0) is 27.2 Å². The second-order valence-corrected chi connectivity index (χ2v) is 7.33. The third-order valence-corrected chi connectivity index (χ3v) is 5.41. The van der Waals surface area contributed by atoms with E-state index in [0.717, 1.165) is 35.6 Å². The first-order valence-electron chi connectivity index (χ1n) is 10.4. The van der Waals surface area contributed by atoms with Crippen molar-refractivity contribution in [3.8, 4) is 0 Å². The summed E-state index contributed by atoms with van der Waals surface area (Å²) in [6.45, 7) is 4.90. The van der Waals surface area contributed by atoms with E-state index >= 15 is 0 Å². The molecule has 31 heavy (non-hydrogen) atoms. The SMILES string of the molecule is CCc1nc2ccccc2n1CC(=O)Nc1ccc(N2CCOCC2)cc1C(=O)OC. The number of imidazole rings is 1. The van der Waals surface area contributed by atoms with Crippen molar-refractivity contribution in [3.63, 3.8) is 0 Å². The molecule has 0 bridgehead atoms. The van der Waals surface area contributed by atoms with Crippen LogP contribution in [0.25, 0.3) is 11.0 Å². The highest BCUT2D eigenvalue weighted by molar-refractivity contribution is 6.02. The number of morpholine rings is 1. The van der Waals surface area contributed by atoms with Gasteiger partial charge in [-0.1, -0.05) is 19.1 Å². The Morgan fingerprint density at radius 2 is 1.94 bits per heavy atom. The number of methoxy groups -OCH3 is 1. The Hall–Kier alpha value is -3.39. The van der Waals surface area contributed by atoms with Crippen LogP contribution >= 0.6 is 0 Å². The molecule has 1 amide bonds. The number of nitrogens with one attached hydrogen (secondary N) is 1. The number of amides is 1. The highest BCUT2D eigenvalue weighted by Crippen LogP contribution is 2.25. The van der Waals surface area contributed by atoms with Gasteiger partial charge in [0.15, 0.2) is 0 Å². The quantitative estimate of drug-likeness (QED) is 0.615. The smallest absolute Gasteiger partial charge is 0.340 e. The van der Waals surface area contributed by atoms with Crippen LogP contribution in [0.2, 0.25) is 0 Å². The number of rotatable bonds is 6. The molecular weight excluding hydrogens is 396 g/mol. The van der Waals surface area contributed by atoms with Crippen LogP contribution in [0.1, 0.15) is 23.1 Å². The van der Waals surface area contributed by atoms with Crippen molar-refractivity contribution in [1.29, 1.82) is 0 Å². The van der Waals surface area contributed by atoms with Crippen molar-refractivity contribution in [3.05, 3.63) is 53.9 Å². The summed E-state index contributed by atoms with van der Waals surface area (Å²) in [7, 11) is 1.33. The highest BCUT2D eigenvalue weighted by Gasteiger charge is 2.19. The van der Waals surface area contributed by atoms with Crippen LogP contribution in [-0.4, -0.2) is 54.8 Å². The minimum atomic E-state index is -0.493. The monoisotopic (exact) mass is 422 g/mol. The number of hydrogen-bond acceptors (Lipinski definition) is 6.